The molecule has 122 valence electrons. The molecule has 0 aliphatic carbocycles. The molecule has 1 heterocycles. The first-order chi connectivity index (χ1) is 11.0. The molecule has 2 rings (SSSR count). The van der Waals surface area contributed by atoms with Gasteiger partial charge in [0.15, 0.2) is 0 Å². The highest BCUT2D eigenvalue weighted by atomic mass is 16.3. The van der Waals surface area contributed by atoms with Crippen LogP contribution >= 0.6 is 0 Å². The van der Waals surface area contributed by atoms with E-state index in [4.69, 9.17) is 5.11 Å². The lowest BCUT2D eigenvalue weighted by Crippen LogP contribution is -2.32. The highest BCUT2D eigenvalue weighted by Crippen LogP contribution is 2.09. The Labute approximate surface area is 135 Å². The number of hydrogen-bond donors (Lipinski definition) is 2. The van der Waals surface area contributed by atoms with Crippen LogP contribution in [0, 0.1) is 20.8 Å². The maximum absolute atomic E-state index is 12.5. The number of aliphatic hydroxyl groups excluding tert-OH is 1. The summed E-state index contributed by atoms with van der Waals surface area (Å²) in [5.74, 6) is -0.198. The zero-order valence-electron chi connectivity index (χ0n) is 13.7. The zero-order chi connectivity index (χ0) is 17.0. The van der Waals surface area contributed by atoms with E-state index in [0.717, 1.165) is 16.8 Å². The molecule has 23 heavy (non-hydrogen) atoms. The molecule has 0 aliphatic rings. The van der Waals surface area contributed by atoms with Gasteiger partial charge in [-0.1, -0.05) is 18.2 Å². The maximum atomic E-state index is 12.5. The summed E-state index contributed by atoms with van der Waals surface area (Å²) < 4.78 is 1.53. The highest BCUT2D eigenvalue weighted by molar-refractivity contribution is 5.95. The number of aromatic nitrogens is 1. The average molecular weight is 314 g/mol. The summed E-state index contributed by atoms with van der Waals surface area (Å²) in [7, 11) is 0. The fourth-order valence-electron chi connectivity index (χ4n) is 2.65. The number of benzene rings is 1. The van der Waals surface area contributed by atoms with Crippen LogP contribution in [0.25, 0.3) is 0 Å². The van der Waals surface area contributed by atoms with E-state index in [0.29, 0.717) is 11.1 Å². The van der Waals surface area contributed by atoms with Crippen LogP contribution in [0.1, 0.15) is 32.7 Å². The van der Waals surface area contributed by atoms with Crippen molar-refractivity contribution in [1.82, 2.24) is 9.88 Å². The number of carbonyl (C=O) groups is 1. The summed E-state index contributed by atoms with van der Waals surface area (Å²) in [6.45, 7) is 5.89. The van der Waals surface area contributed by atoms with Crippen LogP contribution in [-0.4, -0.2) is 22.2 Å². The average Bonchev–Trinajstić information content (AvgIpc) is 2.51. The van der Waals surface area contributed by atoms with Gasteiger partial charge in [0.2, 0.25) is 0 Å². The van der Waals surface area contributed by atoms with Crippen molar-refractivity contribution in [2.24, 2.45) is 0 Å². The zero-order valence-corrected chi connectivity index (χ0v) is 13.7. The Bertz CT molecular complexity index is 778. The Morgan fingerprint density at radius 1 is 1.17 bits per heavy atom. The molecular weight excluding hydrogens is 292 g/mol. The predicted octanol–water partition coefficient (Wildman–Crippen LogP) is 1.70. The first kappa shape index (κ1) is 17.0. The van der Waals surface area contributed by atoms with Crippen LogP contribution in [0.2, 0.25) is 0 Å². The molecule has 0 saturated heterocycles. The number of amides is 1. The smallest absolute Gasteiger partial charge is 0.256 e. The normalized spacial score (nSPS) is 10.6. The second kappa shape index (κ2) is 7.24. The molecule has 1 amide bonds. The van der Waals surface area contributed by atoms with Gasteiger partial charge in [-0.3, -0.25) is 9.59 Å². The van der Waals surface area contributed by atoms with Crippen molar-refractivity contribution in [2.45, 2.75) is 33.9 Å². The molecule has 0 radical (unpaired) electrons. The van der Waals surface area contributed by atoms with E-state index in [2.05, 4.69) is 5.32 Å². The number of pyridine rings is 1. The second-order valence-corrected chi connectivity index (χ2v) is 5.63. The lowest BCUT2D eigenvalue weighted by Gasteiger charge is -2.14. The van der Waals surface area contributed by atoms with Gasteiger partial charge in [0, 0.05) is 29.9 Å². The fraction of sp³-hybridized carbons (Fsp3) is 0.333. The SMILES string of the molecule is Cc1ccccc1C(=O)NCc1c(C)cc(C)n(CCO)c1=O. The standard InChI is InChI=1S/C18H22N2O3/c1-12-6-4-5-7-15(12)17(22)19-11-16-13(2)10-14(3)20(8-9-21)18(16)23/h4-7,10,21H,8-9,11H2,1-3H3,(H,19,22). The van der Waals surface area contributed by atoms with Gasteiger partial charge in [-0.15, -0.1) is 0 Å². The lowest BCUT2D eigenvalue weighted by atomic mass is 10.1. The quantitative estimate of drug-likeness (QED) is 0.882. The van der Waals surface area contributed by atoms with Crippen molar-refractivity contribution >= 4 is 5.91 Å². The van der Waals surface area contributed by atoms with Crippen LogP contribution in [-0.2, 0) is 13.1 Å². The van der Waals surface area contributed by atoms with Gasteiger partial charge in [0.1, 0.15) is 0 Å². The number of rotatable bonds is 5. The van der Waals surface area contributed by atoms with Crippen molar-refractivity contribution in [3.8, 4) is 0 Å². The molecule has 5 nitrogen and oxygen atoms in total. The van der Waals surface area contributed by atoms with E-state index in [1.807, 2.05) is 45.0 Å². The Hall–Kier alpha value is -2.40. The molecule has 0 unspecified atom stereocenters. The van der Waals surface area contributed by atoms with Gasteiger partial charge < -0.3 is 15.0 Å². The molecule has 1 aromatic carbocycles. The van der Waals surface area contributed by atoms with Gasteiger partial charge in [-0.05, 0) is 44.0 Å². The first-order valence-corrected chi connectivity index (χ1v) is 7.60. The Morgan fingerprint density at radius 3 is 2.52 bits per heavy atom. The largest absolute Gasteiger partial charge is 0.395 e. The summed E-state index contributed by atoms with van der Waals surface area (Å²) in [6, 6.07) is 9.22. The van der Waals surface area contributed by atoms with Crippen LogP contribution in [0.15, 0.2) is 35.1 Å². The van der Waals surface area contributed by atoms with Crippen molar-refractivity contribution in [2.75, 3.05) is 6.61 Å². The molecule has 0 fully saturated rings. The number of nitrogens with one attached hydrogen (secondary N) is 1. The van der Waals surface area contributed by atoms with Crippen molar-refractivity contribution < 1.29 is 9.90 Å². The molecule has 0 bridgehead atoms. The Morgan fingerprint density at radius 2 is 1.87 bits per heavy atom. The molecule has 1 aromatic heterocycles. The number of hydrogen-bond acceptors (Lipinski definition) is 3. The van der Waals surface area contributed by atoms with Crippen LogP contribution in [0.5, 0.6) is 0 Å². The highest BCUT2D eigenvalue weighted by Gasteiger charge is 2.13. The van der Waals surface area contributed by atoms with E-state index >= 15 is 0 Å². The van der Waals surface area contributed by atoms with E-state index in [9.17, 15) is 9.59 Å². The van der Waals surface area contributed by atoms with Crippen molar-refractivity contribution in [3.05, 3.63) is 68.6 Å². The second-order valence-electron chi connectivity index (χ2n) is 5.63. The van der Waals surface area contributed by atoms with Gasteiger partial charge in [0.05, 0.1) is 6.61 Å². The van der Waals surface area contributed by atoms with Crippen LogP contribution < -0.4 is 10.9 Å². The number of aliphatic hydroxyl groups is 1. The minimum absolute atomic E-state index is 0.0984. The minimum Gasteiger partial charge on any atom is -0.395 e. The summed E-state index contributed by atoms with van der Waals surface area (Å²) in [6.07, 6.45) is 0. The van der Waals surface area contributed by atoms with Crippen LogP contribution in [0.3, 0.4) is 0 Å². The molecular formula is C18H22N2O3. The first-order valence-electron chi connectivity index (χ1n) is 7.60. The minimum atomic E-state index is -0.198. The van der Waals surface area contributed by atoms with E-state index in [1.165, 1.54) is 4.57 Å². The summed E-state index contributed by atoms with van der Waals surface area (Å²) in [5, 5.41) is 11.9. The number of aryl methyl sites for hydroxylation is 3. The topological polar surface area (TPSA) is 71.3 Å². The predicted molar refractivity (Wildman–Crippen MR) is 89.6 cm³/mol. The van der Waals surface area contributed by atoms with Gasteiger partial charge in [0.25, 0.3) is 11.5 Å². The van der Waals surface area contributed by atoms with Gasteiger partial charge in [-0.2, -0.15) is 0 Å². The molecule has 5 heteroatoms. The third kappa shape index (κ3) is 3.68. The molecule has 2 N–H and O–H groups in total. The van der Waals surface area contributed by atoms with Crippen molar-refractivity contribution in [3.63, 3.8) is 0 Å². The third-order valence-electron chi connectivity index (χ3n) is 3.97. The van der Waals surface area contributed by atoms with Gasteiger partial charge in [-0.25, -0.2) is 0 Å². The Balaban J connectivity index is 2.24. The van der Waals surface area contributed by atoms with E-state index in [-0.39, 0.29) is 31.2 Å². The lowest BCUT2D eigenvalue weighted by molar-refractivity contribution is 0.0950. The third-order valence-corrected chi connectivity index (χ3v) is 3.97. The molecule has 0 saturated carbocycles. The molecule has 0 spiro atoms. The Kier molecular flexibility index (Phi) is 5.34. The summed E-state index contributed by atoms with van der Waals surface area (Å²) in [5.41, 5.74) is 3.52. The molecule has 0 aliphatic heterocycles. The van der Waals surface area contributed by atoms with E-state index in [1.54, 1.807) is 6.07 Å². The summed E-state index contributed by atoms with van der Waals surface area (Å²) in [4.78, 5) is 24.8. The molecule has 0 atom stereocenters. The number of carbonyl (C=O) groups excluding carboxylic acids is 1. The molecule has 2 aromatic rings. The maximum Gasteiger partial charge on any atom is 0.256 e. The van der Waals surface area contributed by atoms with Gasteiger partial charge >= 0.3 is 0 Å². The van der Waals surface area contributed by atoms with Crippen LogP contribution in [0.4, 0.5) is 0 Å². The van der Waals surface area contributed by atoms with Crippen molar-refractivity contribution in [1.29, 1.82) is 0 Å². The summed E-state index contributed by atoms with van der Waals surface area (Å²) >= 11 is 0. The fourth-order valence-corrected chi connectivity index (χ4v) is 2.65. The van der Waals surface area contributed by atoms with E-state index < -0.39 is 0 Å². The monoisotopic (exact) mass is 314 g/mol. The number of nitrogens with zero attached hydrogens (tertiary/aromatic N) is 1.